The summed E-state index contributed by atoms with van der Waals surface area (Å²) >= 11 is 1.45. The van der Waals surface area contributed by atoms with Crippen molar-refractivity contribution in [3.05, 3.63) is 53.0 Å². The Kier molecular flexibility index (Phi) is 7.03. The molecule has 30 heavy (non-hydrogen) atoms. The Balaban J connectivity index is 1.90. The van der Waals surface area contributed by atoms with Crippen molar-refractivity contribution in [2.24, 2.45) is 0 Å². The number of ether oxygens (including phenoxy) is 2. The van der Waals surface area contributed by atoms with E-state index in [-0.39, 0.29) is 18.9 Å². The predicted molar refractivity (Wildman–Crippen MR) is 117 cm³/mol. The Morgan fingerprint density at radius 1 is 1.20 bits per heavy atom. The normalized spacial score (nSPS) is 11.3. The molecule has 1 heterocycles. The quantitative estimate of drug-likeness (QED) is 0.540. The lowest BCUT2D eigenvalue weighted by molar-refractivity contribution is -0.135. The molecule has 0 aliphatic rings. The number of aliphatic carboxylic acids is 1. The van der Waals surface area contributed by atoms with Crippen LogP contribution in [0, 0.1) is 0 Å². The molecule has 1 amide bonds. The van der Waals surface area contributed by atoms with Crippen LogP contribution in [-0.2, 0) is 9.59 Å². The highest BCUT2D eigenvalue weighted by molar-refractivity contribution is 7.19. The number of carboxylic acid groups (broad SMARTS) is 1. The number of fused-ring (bicyclic) bond motifs is 1. The molecule has 0 unspecified atom stereocenters. The number of methoxy groups -OCH3 is 1. The monoisotopic (exact) mass is 426 g/mol. The number of carboxylic acids is 1. The lowest BCUT2D eigenvalue weighted by atomic mass is 10.1. The fraction of sp³-hybridized carbons (Fsp3) is 0.227. The van der Waals surface area contributed by atoms with Crippen LogP contribution >= 0.6 is 11.3 Å². The Hall–Kier alpha value is -3.39. The van der Waals surface area contributed by atoms with Gasteiger partial charge in [0.1, 0.15) is 5.01 Å². The van der Waals surface area contributed by atoms with E-state index in [4.69, 9.17) is 9.47 Å². The van der Waals surface area contributed by atoms with E-state index in [2.05, 4.69) is 10.3 Å². The summed E-state index contributed by atoms with van der Waals surface area (Å²) in [5.41, 5.74) is 2.18. The molecule has 7 nitrogen and oxygen atoms in total. The molecule has 0 saturated heterocycles. The fourth-order valence-corrected chi connectivity index (χ4v) is 3.83. The van der Waals surface area contributed by atoms with E-state index in [0.717, 1.165) is 15.8 Å². The van der Waals surface area contributed by atoms with Crippen LogP contribution < -0.4 is 14.8 Å². The van der Waals surface area contributed by atoms with E-state index in [9.17, 15) is 14.7 Å². The first-order valence-corrected chi connectivity index (χ1v) is 10.2. The number of amides is 1. The SMILES string of the molecule is CCNC(=O)COc1ccc(/C=C(/CC(=O)O)c2nc3ccccc3s2)cc1OC. The fourth-order valence-electron chi connectivity index (χ4n) is 2.85. The van der Waals surface area contributed by atoms with Crippen LogP contribution in [0.25, 0.3) is 21.9 Å². The number of nitrogens with one attached hydrogen (secondary N) is 1. The van der Waals surface area contributed by atoms with Gasteiger partial charge in [-0.2, -0.15) is 0 Å². The van der Waals surface area contributed by atoms with Gasteiger partial charge in [0.2, 0.25) is 0 Å². The molecule has 0 bridgehead atoms. The lowest BCUT2D eigenvalue weighted by Crippen LogP contribution is -2.28. The zero-order chi connectivity index (χ0) is 21.5. The molecule has 8 heteroatoms. The van der Waals surface area contributed by atoms with Crippen molar-refractivity contribution < 1.29 is 24.2 Å². The minimum atomic E-state index is -0.936. The van der Waals surface area contributed by atoms with Gasteiger partial charge < -0.3 is 19.9 Å². The van der Waals surface area contributed by atoms with Crippen molar-refractivity contribution in [3.63, 3.8) is 0 Å². The summed E-state index contributed by atoms with van der Waals surface area (Å²) < 4.78 is 11.9. The average molecular weight is 426 g/mol. The molecule has 2 N–H and O–H groups in total. The molecule has 0 radical (unpaired) electrons. The first-order valence-electron chi connectivity index (χ1n) is 9.36. The second-order valence-electron chi connectivity index (χ2n) is 6.38. The first-order chi connectivity index (χ1) is 14.5. The maximum absolute atomic E-state index is 11.6. The summed E-state index contributed by atoms with van der Waals surface area (Å²) in [6.45, 7) is 2.25. The van der Waals surface area contributed by atoms with Crippen LogP contribution in [-0.4, -0.2) is 42.2 Å². The van der Waals surface area contributed by atoms with Gasteiger partial charge in [0, 0.05) is 6.54 Å². The standard InChI is InChI=1S/C22H22N2O5S/c1-3-23-20(25)13-29-17-9-8-14(11-18(17)28-2)10-15(12-21(26)27)22-24-16-6-4-5-7-19(16)30-22/h4-11H,3,12-13H2,1-2H3,(H,23,25)(H,26,27)/b15-10-. The van der Waals surface area contributed by atoms with Crippen molar-refractivity contribution in [2.45, 2.75) is 13.3 Å². The number of aromatic nitrogens is 1. The van der Waals surface area contributed by atoms with E-state index in [1.807, 2.05) is 31.2 Å². The molecule has 156 valence electrons. The van der Waals surface area contributed by atoms with Crippen LogP contribution in [0.4, 0.5) is 0 Å². The number of para-hydroxylation sites is 1. The van der Waals surface area contributed by atoms with Crippen LogP contribution in [0.5, 0.6) is 11.5 Å². The van der Waals surface area contributed by atoms with E-state index in [1.165, 1.54) is 18.4 Å². The van der Waals surface area contributed by atoms with E-state index >= 15 is 0 Å². The van der Waals surface area contributed by atoms with Crippen LogP contribution in [0.2, 0.25) is 0 Å². The largest absolute Gasteiger partial charge is 0.493 e. The van der Waals surface area contributed by atoms with Crippen molar-refractivity contribution in [2.75, 3.05) is 20.3 Å². The topological polar surface area (TPSA) is 97.8 Å². The zero-order valence-electron chi connectivity index (χ0n) is 16.7. The number of likely N-dealkylation sites (N-methyl/N-ethyl adjacent to an activating group) is 1. The second-order valence-corrected chi connectivity index (χ2v) is 7.41. The van der Waals surface area contributed by atoms with Gasteiger partial charge in [0.25, 0.3) is 5.91 Å². The Labute approximate surface area is 178 Å². The number of rotatable bonds is 9. The van der Waals surface area contributed by atoms with Crippen LogP contribution in [0.15, 0.2) is 42.5 Å². The molecule has 1 aromatic heterocycles. The van der Waals surface area contributed by atoms with Crippen LogP contribution in [0.3, 0.4) is 0 Å². The Morgan fingerprint density at radius 3 is 2.70 bits per heavy atom. The summed E-state index contributed by atoms with van der Waals surface area (Å²) in [5.74, 6) is -0.273. The molecule has 0 atom stereocenters. The molecular formula is C22H22N2O5S. The maximum Gasteiger partial charge on any atom is 0.307 e. The van der Waals surface area contributed by atoms with Crippen molar-refractivity contribution >= 4 is 45.1 Å². The van der Waals surface area contributed by atoms with E-state index in [0.29, 0.717) is 28.6 Å². The van der Waals surface area contributed by atoms with Crippen LogP contribution in [0.1, 0.15) is 23.9 Å². The van der Waals surface area contributed by atoms with Crippen molar-refractivity contribution in [1.82, 2.24) is 10.3 Å². The highest BCUT2D eigenvalue weighted by Gasteiger charge is 2.14. The number of thiazole rings is 1. The molecule has 0 saturated carbocycles. The molecule has 3 aromatic rings. The van der Waals surface area contributed by atoms with Gasteiger partial charge in [-0.15, -0.1) is 11.3 Å². The van der Waals surface area contributed by atoms with Gasteiger partial charge in [-0.3, -0.25) is 9.59 Å². The Morgan fingerprint density at radius 2 is 2.00 bits per heavy atom. The average Bonchev–Trinajstić information content (AvgIpc) is 3.16. The van der Waals surface area contributed by atoms with E-state index < -0.39 is 5.97 Å². The third-order valence-corrected chi connectivity index (χ3v) is 5.28. The van der Waals surface area contributed by atoms with Gasteiger partial charge >= 0.3 is 5.97 Å². The summed E-state index contributed by atoms with van der Waals surface area (Å²) in [6, 6.07) is 12.9. The number of hydrogen-bond donors (Lipinski definition) is 2. The molecule has 2 aromatic carbocycles. The number of carbonyl (C=O) groups excluding carboxylic acids is 1. The summed E-state index contributed by atoms with van der Waals surface area (Å²) in [4.78, 5) is 27.6. The molecule has 0 fully saturated rings. The molecular weight excluding hydrogens is 404 g/mol. The number of carbonyl (C=O) groups is 2. The Bertz CT molecular complexity index is 1060. The highest BCUT2D eigenvalue weighted by Crippen LogP contribution is 2.33. The predicted octanol–water partition coefficient (Wildman–Crippen LogP) is 3.84. The van der Waals surface area contributed by atoms with E-state index in [1.54, 1.807) is 24.3 Å². The van der Waals surface area contributed by atoms with Crippen molar-refractivity contribution in [1.29, 1.82) is 0 Å². The second kappa shape index (κ2) is 9.89. The van der Waals surface area contributed by atoms with Crippen molar-refractivity contribution in [3.8, 4) is 11.5 Å². The van der Waals surface area contributed by atoms with Gasteiger partial charge in [0.15, 0.2) is 18.1 Å². The number of hydrogen-bond acceptors (Lipinski definition) is 6. The van der Waals surface area contributed by atoms with Gasteiger partial charge in [-0.05, 0) is 48.4 Å². The summed E-state index contributed by atoms with van der Waals surface area (Å²) in [6.07, 6.45) is 1.62. The maximum atomic E-state index is 11.6. The third kappa shape index (κ3) is 5.36. The summed E-state index contributed by atoms with van der Waals surface area (Å²) in [7, 11) is 1.51. The van der Waals surface area contributed by atoms with Gasteiger partial charge in [-0.25, -0.2) is 4.98 Å². The summed E-state index contributed by atoms with van der Waals surface area (Å²) in [5, 5.41) is 12.7. The minimum Gasteiger partial charge on any atom is -0.493 e. The molecule has 0 spiro atoms. The lowest BCUT2D eigenvalue weighted by Gasteiger charge is -2.11. The smallest absolute Gasteiger partial charge is 0.307 e. The molecule has 0 aliphatic carbocycles. The third-order valence-electron chi connectivity index (χ3n) is 4.17. The highest BCUT2D eigenvalue weighted by atomic mass is 32.1. The number of nitrogens with zero attached hydrogens (tertiary/aromatic N) is 1. The number of benzene rings is 2. The zero-order valence-corrected chi connectivity index (χ0v) is 17.5. The molecule has 3 rings (SSSR count). The minimum absolute atomic E-state index is 0.116. The van der Waals surface area contributed by atoms with Gasteiger partial charge in [-0.1, -0.05) is 18.2 Å². The van der Waals surface area contributed by atoms with Gasteiger partial charge in [0.05, 0.1) is 23.7 Å². The molecule has 0 aliphatic heterocycles. The first kappa shape index (κ1) is 21.3.